The predicted molar refractivity (Wildman–Crippen MR) is 120 cm³/mol. The SMILES string of the molecule is Cc1cc(Cc2nc3c(Cc4cccc(F)c4)nc(-c4ccccc4)cn3c2O)oc1C. The molecule has 0 unspecified atom stereocenters. The van der Waals surface area contributed by atoms with Crippen molar-refractivity contribution in [1.29, 1.82) is 0 Å². The van der Waals surface area contributed by atoms with Crippen molar-refractivity contribution in [2.45, 2.75) is 26.7 Å². The Bertz CT molecular complexity index is 1400. The largest absolute Gasteiger partial charge is 0.493 e. The molecule has 6 heteroatoms. The molecule has 160 valence electrons. The summed E-state index contributed by atoms with van der Waals surface area (Å²) in [6, 6.07) is 18.1. The van der Waals surface area contributed by atoms with Gasteiger partial charge in [-0.25, -0.2) is 14.4 Å². The average molecular weight is 427 g/mol. The fourth-order valence-electron chi connectivity index (χ4n) is 3.87. The number of nitrogens with zero attached hydrogens (tertiary/aromatic N) is 3. The summed E-state index contributed by atoms with van der Waals surface area (Å²) < 4.78 is 21.2. The minimum atomic E-state index is -0.298. The third-order valence-electron chi connectivity index (χ3n) is 5.61. The van der Waals surface area contributed by atoms with Crippen LogP contribution in [0.3, 0.4) is 0 Å². The van der Waals surface area contributed by atoms with Crippen LogP contribution in [0.25, 0.3) is 16.9 Å². The molecule has 3 heterocycles. The Morgan fingerprint density at radius 2 is 1.75 bits per heavy atom. The molecule has 1 N–H and O–H groups in total. The molecule has 0 bridgehead atoms. The highest BCUT2D eigenvalue weighted by Crippen LogP contribution is 2.29. The van der Waals surface area contributed by atoms with Crippen LogP contribution in [0.4, 0.5) is 4.39 Å². The number of halogens is 1. The molecule has 3 aromatic heterocycles. The summed E-state index contributed by atoms with van der Waals surface area (Å²) in [6.45, 7) is 3.90. The monoisotopic (exact) mass is 427 g/mol. The Labute approximate surface area is 184 Å². The predicted octanol–water partition coefficient (Wildman–Crippen LogP) is 5.63. The molecule has 0 aliphatic carbocycles. The van der Waals surface area contributed by atoms with Crippen LogP contribution in [-0.2, 0) is 12.8 Å². The number of aryl methyl sites for hydroxylation is 2. The van der Waals surface area contributed by atoms with E-state index < -0.39 is 0 Å². The summed E-state index contributed by atoms with van der Waals surface area (Å²) in [4.78, 5) is 9.53. The van der Waals surface area contributed by atoms with Crippen molar-refractivity contribution in [2.75, 3.05) is 0 Å². The van der Waals surface area contributed by atoms with E-state index in [9.17, 15) is 9.50 Å². The lowest BCUT2D eigenvalue weighted by Gasteiger charge is -2.08. The summed E-state index contributed by atoms with van der Waals surface area (Å²) in [7, 11) is 0. The Hall–Kier alpha value is -3.93. The topological polar surface area (TPSA) is 63.6 Å². The number of aromatic hydroxyl groups is 1. The van der Waals surface area contributed by atoms with E-state index in [2.05, 4.69) is 0 Å². The number of hydrogen-bond donors (Lipinski definition) is 1. The zero-order valence-corrected chi connectivity index (χ0v) is 17.8. The van der Waals surface area contributed by atoms with Crippen molar-refractivity contribution in [1.82, 2.24) is 14.4 Å². The van der Waals surface area contributed by atoms with Crippen molar-refractivity contribution in [3.05, 3.63) is 107 Å². The smallest absolute Gasteiger partial charge is 0.219 e. The highest BCUT2D eigenvalue weighted by Gasteiger charge is 2.19. The fourth-order valence-corrected chi connectivity index (χ4v) is 3.87. The molecule has 5 nitrogen and oxygen atoms in total. The van der Waals surface area contributed by atoms with Crippen LogP contribution < -0.4 is 0 Å². The van der Waals surface area contributed by atoms with Crippen molar-refractivity contribution in [2.24, 2.45) is 0 Å². The number of benzene rings is 2. The van der Waals surface area contributed by atoms with Crippen LogP contribution in [0.1, 0.15) is 34.0 Å². The molecule has 5 aromatic rings. The van der Waals surface area contributed by atoms with E-state index in [0.29, 0.717) is 35.6 Å². The Morgan fingerprint density at radius 1 is 0.938 bits per heavy atom. The first-order chi connectivity index (χ1) is 15.5. The normalized spacial score (nSPS) is 11.3. The van der Waals surface area contributed by atoms with Crippen LogP contribution in [-0.4, -0.2) is 19.5 Å². The molecule has 0 spiro atoms. The van der Waals surface area contributed by atoms with Crippen molar-refractivity contribution in [3.63, 3.8) is 0 Å². The molecule has 0 aliphatic rings. The molecular formula is C26H22FN3O2. The molecule has 0 amide bonds. The third kappa shape index (κ3) is 3.75. The minimum Gasteiger partial charge on any atom is -0.493 e. The molecule has 0 saturated heterocycles. The Morgan fingerprint density at radius 3 is 2.47 bits per heavy atom. The quantitative estimate of drug-likeness (QED) is 0.395. The highest BCUT2D eigenvalue weighted by molar-refractivity contribution is 5.63. The van der Waals surface area contributed by atoms with E-state index >= 15 is 0 Å². The average Bonchev–Trinajstić information content (AvgIpc) is 3.27. The first-order valence-electron chi connectivity index (χ1n) is 10.4. The molecule has 5 rings (SSSR count). The lowest BCUT2D eigenvalue weighted by Crippen LogP contribution is -2.01. The summed E-state index contributed by atoms with van der Waals surface area (Å²) in [5, 5.41) is 11.0. The minimum absolute atomic E-state index is 0.0479. The molecule has 32 heavy (non-hydrogen) atoms. The van der Waals surface area contributed by atoms with Gasteiger partial charge in [-0.2, -0.15) is 0 Å². The lowest BCUT2D eigenvalue weighted by molar-refractivity contribution is 0.436. The third-order valence-corrected chi connectivity index (χ3v) is 5.61. The summed E-state index contributed by atoms with van der Waals surface area (Å²) >= 11 is 0. The second kappa shape index (κ2) is 7.96. The molecule has 0 saturated carbocycles. The number of furan rings is 1. The number of hydrogen-bond acceptors (Lipinski definition) is 4. The maximum Gasteiger partial charge on any atom is 0.219 e. The Kier molecular flexibility index (Phi) is 4.98. The van der Waals surface area contributed by atoms with Gasteiger partial charge in [0.15, 0.2) is 5.65 Å². The first kappa shape index (κ1) is 20.0. The van der Waals surface area contributed by atoms with Gasteiger partial charge in [-0.15, -0.1) is 0 Å². The molecule has 0 fully saturated rings. The van der Waals surface area contributed by atoms with Gasteiger partial charge < -0.3 is 9.52 Å². The zero-order valence-electron chi connectivity index (χ0n) is 17.8. The maximum atomic E-state index is 13.8. The van der Waals surface area contributed by atoms with E-state index in [1.807, 2.05) is 56.3 Å². The maximum absolute atomic E-state index is 13.8. The number of imidazole rings is 1. The van der Waals surface area contributed by atoms with E-state index in [4.69, 9.17) is 14.4 Å². The van der Waals surface area contributed by atoms with E-state index in [-0.39, 0.29) is 11.7 Å². The molecule has 2 aromatic carbocycles. The van der Waals surface area contributed by atoms with Gasteiger partial charge in [0.2, 0.25) is 5.88 Å². The highest BCUT2D eigenvalue weighted by atomic mass is 19.1. The van der Waals surface area contributed by atoms with Gasteiger partial charge in [0, 0.05) is 18.2 Å². The number of aromatic nitrogens is 3. The van der Waals surface area contributed by atoms with Gasteiger partial charge in [0.1, 0.15) is 23.0 Å². The second-order valence-electron chi connectivity index (χ2n) is 7.95. The van der Waals surface area contributed by atoms with Crippen LogP contribution in [0, 0.1) is 19.7 Å². The van der Waals surface area contributed by atoms with Crippen molar-refractivity contribution in [3.8, 4) is 17.1 Å². The van der Waals surface area contributed by atoms with E-state index in [0.717, 1.165) is 28.2 Å². The second-order valence-corrected chi connectivity index (χ2v) is 7.95. The van der Waals surface area contributed by atoms with Crippen LogP contribution in [0.15, 0.2) is 71.3 Å². The van der Waals surface area contributed by atoms with Gasteiger partial charge >= 0.3 is 0 Å². The van der Waals surface area contributed by atoms with Crippen LogP contribution in [0.5, 0.6) is 5.88 Å². The summed E-state index contributed by atoms with van der Waals surface area (Å²) in [5.74, 6) is 1.34. The van der Waals surface area contributed by atoms with E-state index in [1.165, 1.54) is 12.1 Å². The first-order valence-corrected chi connectivity index (χ1v) is 10.4. The van der Waals surface area contributed by atoms with Crippen molar-refractivity contribution >= 4 is 5.65 Å². The van der Waals surface area contributed by atoms with Gasteiger partial charge in [-0.1, -0.05) is 42.5 Å². The van der Waals surface area contributed by atoms with Gasteiger partial charge in [0.05, 0.1) is 17.8 Å². The van der Waals surface area contributed by atoms with Crippen molar-refractivity contribution < 1.29 is 13.9 Å². The molecular weight excluding hydrogens is 405 g/mol. The molecule has 0 radical (unpaired) electrons. The zero-order chi connectivity index (χ0) is 22.2. The van der Waals surface area contributed by atoms with Gasteiger partial charge in [-0.3, -0.25) is 4.40 Å². The van der Waals surface area contributed by atoms with E-state index in [1.54, 1.807) is 16.7 Å². The Balaban J connectivity index is 1.65. The number of fused-ring (bicyclic) bond motifs is 1. The summed E-state index contributed by atoms with van der Waals surface area (Å²) in [5.41, 5.74) is 5.17. The van der Waals surface area contributed by atoms with Crippen LogP contribution in [0.2, 0.25) is 0 Å². The van der Waals surface area contributed by atoms with Gasteiger partial charge in [0.25, 0.3) is 0 Å². The fraction of sp³-hybridized carbons (Fsp3) is 0.154. The molecule has 0 atom stereocenters. The van der Waals surface area contributed by atoms with Gasteiger partial charge in [-0.05, 0) is 43.2 Å². The van der Waals surface area contributed by atoms with Crippen LogP contribution >= 0.6 is 0 Å². The molecule has 0 aliphatic heterocycles. The summed E-state index contributed by atoms with van der Waals surface area (Å²) in [6.07, 6.45) is 2.53. The number of rotatable bonds is 5. The lowest BCUT2D eigenvalue weighted by atomic mass is 10.1. The standard InChI is InChI=1S/C26H22FN3O2/c1-16-11-21(32-17(16)2)14-23-26(31)30-15-24(19-8-4-3-5-9-19)28-22(25(30)29-23)13-18-7-6-10-20(27)12-18/h3-12,15,31H,13-14H2,1-2H3.